The third-order valence-electron chi connectivity index (χ3n) is 14.7. The van der Waals surface area contributed by atoms with E-state index in [0.717, 1.165) is 11.4 Å². The van der Waals surface area contributed by atoms with Crippen LogP contribution in [0.1, 0.15) is 0 Å². The average Bonchev–Trinajstić information content (AvgIpc) is 3.84. The molecule has 4 nitrogen and oxygen atoms in total. The first-order valence-electron chi connectivity index (χ1n) is 21.8. The van der Waals surface area contributed by atoms with E-state index in [1.807, 2.05) is 0 Å². The summed E-state index contributed by atoms with van der Waals surface area (Å²) in [5.74, 6) is 0. The minimum atomic E-state index is -0.0584. The Balaban J connectivity index is 1.19. The van der Waals surface area contributed by atoms with Gasteiger partial charge in [-0.25, -0.2) is 0 Å². The second kappa shape index (κ2) is 11.0. The van der Waals surface area contributed by atoms with E-state index in [4.69, 9.17) is 0 Å². The van der Waals surface area contributed by atoms with Crippen molar-refractivity contribution in [3.05, 3.63) is 194 Å². The summed E-state index contributed by atoms with van der Waals surface area (Å²) in [6.45, 7) is -0.117. The predicted octanol–water partition coefficient (Wildman–Crippen LogP) is 11.4. The van der Waals surface area contributed by atoms with E-state index < -0.39 is 0 Å². The first kappa shape index (κ1) is 31.9. The standard InChI is InChI=1S/C56H32B2N4/c1-3-19-37(20-4-1)59-47-29-35-17-9-7-15-33(35)27-43(47)57-53-49(59)32-50-54-51(53)52-55-41(39-23-11-13-25-45(39)61(55)57)31-42-40-24-12-14-26-46(40)62(56(42)52)58(54)44-28-34-16-8-10-18-36(34)30-48(44)60(50)38-21-5-2-6-22-38/h1-32H. The molecule has 0 aliphatic carbocycles. The van der Waals surface area contributed by atoms with Crippen LogP contribution < -0.4 is 31.7 Å². The summed E-state index contributed by atoms with van der Waals surface area (Å²) < 4.78 is 5.46. The molecule has 16 rings (SSSR count). The molecule has 62 heavy (non-hydrogen) atoms. The van der Waals surface area contributed by atoms with E-state index in [0.29, 0.717) is 0 Å². The quantitative estimate of drug-likeness (QED) is 0.162. The number of aromatic nitrogens is 2. The van der Waals surface area contributed by atoms with Crippen LogP contribution in [0.4, 0.5) is 34.1 Å². The molecule has 4 aliphatic heterocycles. The first-order valence-corrected chi connectivity index (χ1v) is 21.8. The van der Waals surface area contributed by atoms with Gasteiger partial charge in [-0.1, -0.05) is 133 Å². The number of hydrogen-bond acceptors (Lipinski definition) is 2. The van der Waals surface area contributed by atoms with E-state index in [2.05, 4.69) is 213 Å². The molecule has 0 radical (unpaired) electrons. The molecule has 6 heterocycles. The number of nitrogens with zero attached hydrogens (tertiary/aromatic N) is 4. The highest BCUT2D eigenvalue weighted by atomic mass is 15.2. The summed E-state index contributed by atoms with van der Waals surface area (Å²) in [5.41, 5.74) is 20.7. The normalized spacial score (nSPS) is 14.0. The van der Waals surface area contributed by atoms with Gasteiger partial charge in [0.05, 0.1) is 0 Å². The summed E-state index contributed by atoms with van der Waals surface area (Å²) in [5, 5.41) is 10.3. The molecule has 0 unspecified atom stereocenters. The zero-order valence-electron chi connectivity index (χ0n) is 33.4. The maximum Gasteiger partial charge on any atom is 0.333 e. The van der Waals surface area contributed by atoms with Crippen molar-refractivity contribution in [3.63, 3.8) is 0 Å². The fourth-order valence-electron chi connectivity index (χ4n) is 12.4. The van der Waals surface area contributed by atoms with Crippen LogP contribution in [0.3, 0.4) is 0 Å². The van der Waals surface area contributed by atoms with Crippen molar-refractivity contribution in [3.8, 4) is 11.1 Å². The number of benzene rings is 10. The highest BCUT2D eigenvalue weighted by Crippen LogP contribution is 2.54. The summed E-state index contributed by atoms with van der Waals surface area (Å²) in [6, 6.07) is 73.2. The average molecular weight is 783 g/mol. The molecule has 0 fully saturated rings. The van der Waals surface area contributed by atoms with Gasteiger partial charge in [0, 0.05) is 83.3 Å². The summed E-state index contributed by atoms with van der Waals surface area (Å²) >= 11 is 0. The van der Waals surface area contributed by atoms with E-state index in [-0.39, 0.29) is 13.7 Å². The van der Waals surface area contributed by atoms with Gasteiger partial charge in [-0.15, -0.1) is 0 Å². The Hall–Kier alpha value is -7.95. The highest BCUT2D eigenvalue weighted by Gasteiger charge is 2.51. The second-order valence-corrected chi connectivity index (χ2v) is 17.6. The summed E-state index contributed by atoms with van der Waals surface area (Å²) in [4.78, 5) is 5.16. The lowest BCUT2D eigenvalue weighted by Gasteiger charge is -2.47. The van der Waals surface area contributed by atoms with Crippen molar-refractivity contribution in [2.24, 2.45) is 0 Å². The molecule has 0 N–H and O–H groups in total. The van der Waals surface area contributed by atoms with Gasteiger partial charge in [-0.05, 0) is 110 Å². The first-order chi connectivity index (χ1) is 30.8. The molecule has 0 atom stereocenters. The minimum Gasteiger partial charge on any atom is -0.375 e. The highest BCUT2D eigenvalue weighted by molar-refractivity contribution is 6.95. The van der Waals surface area contributed by atoms with Crippen LogP contribution in [-0.4, -0.2) is 22.7 Å². The van der Waals surface area contributed by atoms with Crippen LogP contribution >= 0.6 is 0 Å². The molecule has 0 spiro atoms. The van der Waals surface area contributed by atoms with Gasteiger partial charge in [-0.3, -0.25) is 0 Å². The molecule has 282 valence electrons. The molecular weight excluding hydrogens is 750 g/mol. The Morgan fingerprint density at radius 3 is 1.18 bits per heavy atom. The second-order valence-electron chi connectivity index (χ2n) is 17.6. The van der Waals surface area contributed by atoms with Crippen molar-refractivity contribution >= 4 is 135 Å². The Labute approximate surface area is 357 Å². The zero-order valence-corrected chi connectivity index (χ0v) is 33.4. The number of anilines is 6. The van der Waals surface area contributed by atoms with Crippen molar-refractivity contribution < 1.29 is 0 Å². The van der Waals surface area contributed by atoms with Crippen molar-refractivity contribution in [1.29, 1.82) is 0 Å². The van der Waals surface area contributed by atoms with Crippen molar-refractivity contribution in [1.82, 2.24) is 8.96 Å². The Morgan fingerprint density at radius 2 is 0.710 bits per heavy atom. The van der Waals surface area contributed by atoms with Gasteiger partial charge in [-0.2, -0.15) is 0 Å². The van der Waals surface area contributed by atoms with E-state index in [1.54, 1.807) is 0 Å². The van der Waals surface area contributed by atoms with Crippen LogP contribution in [0, 0.1) is 0 Å². The van der Waals surface area contributed by atoms with Gasteiger partial charge in [0.1, 0.15) is 0 Å². The molecule has 10 aromatic carbocycles. The molecule has 4 aliphatic rings. The number of para-hydroxylation sites is 4. The van der Waals surface area contributed by atoms with Crippen LogP contribution in [0.25, 0.3) is 76.3 Å². The van der Waals surface area contributed by atoms with Crippen LogP contribution in [-0.2, 0) is 0 Å². The van der Waals surface area contributed by atoms with Crippen LogP contribution in [0.2, 0.25) is 0 Å². The maximum absolute atomic E-state index is 2.73. The molecule has 0 bridgehead atoms. The molecular formula is C56H32B2N4. The molecule has 0 saturated heterocycles. The van der Waals surface area contributed by atoms with Crippen molar-refractivity contribution in [2.75, 3.05) is 9.80 Å². The number of hydrogen-bond donors (Lipinski definition) is 0. The SMILES string of the molecule is c1ccc(N2c3cc4ccccc4cc3B3c4c2cc2c5c4-c4c6c(cc7c8ccccc8n(c47)B5c4cc5ccccc5cc4N2c2ccccc2)c2ccccc2n63)cc1. The van der Waals surface area contributed by atoms with Gasteiger partial charge < -0.3 is 18.8 Å². The van der Waals surface area contributed by atoms with Gasteiger partial charge in [0.25, 0.3) is 0 Å². The monoisotopic (exact) mass is 782 g/mol. The lowest BCUT2D eigenvalue weighted by Crippen LogP contribution is -2.63. The summed E-state index contributed by atoms with van der Waals surface area (Å²) in [6.07, 6.45) is 0. The number of rotatable bonds is 2. The Morgan fingerprint density at radius 1 is 0.306 bits per heavy atom. The van der Waals surface area contributed by atoms with Crippen LogP contribution in [0.15, 0.2) is 194 Å². The van der Waals surface area contributed by atoms with Gasteiger partial charge in [0.2, 0.25) is 0 Å². The zero-order chi connectivity index (χ0) is 39.9. The lowest BCUT2D eigenvalue weighted by atomic mass is 9.39. The van der Waals surface area contributed by atoms with E-state index in [9.17, 15) is 0 Å². The Bertz CT molecular complexity index is 3760. The lowest BCUT2D eigenvalue weighted by molar-refractivity contribution is 1.22. The van der Waals surface area contributed by atoms with E-state index >= 15 is 0 Å². The minimum absolute atomic E-state index is 0.0584. The van der Waals surface area contributed by atoms with Crippen molar-refractivity contribution in [2.45, 2.75) is 0 Å². The number of fused-ring (bicyclic) bond motifs is 14. The summed E-state index contributed by atoms with van der Waals surface area (Å²) in [7, 11) is 0. The smallest absolute Gasteiger partial charge is 0.333 e. The molecule has 6 heteroatoms. The fraction of sp³-hybridized carbons (Fsp3) is 0. The van der Waals surface area contributed by atoms with Gasteiger partial charge >= 0.3 is 13.7 Å². The Kier molecular flexibility index (Phi) is 5.69. The third-order valence-corrected chi connectivity index (χ3v) is 14.7. The fourth-order valence-corrected chi connectivity index (χ4v) is 12.4. The largest absolute Gasteiger partial charge is 0.375 e. The third kappa shape index (κ3) is 3.68. The molecule has 12 aromatic rings. The predicted molar refractivity (Wildman–Crippen MR) is 263 cm³/mol. The molecule has 2 aromatic heterocycles. The topological polar surface area (TPSA) is 16.3 Å². The molecule has 0 amide bonds. The maximum atomic E-state index is 2.73. The van der Waals surface area contributed by atoms with Crippen LogP contribution in [0.5, 0.6) is 0 Å². The van der Waals surface area contributed by atoms with E-state index in [1.165, 1.54) is 121 Å². The molecule has 0 saturated carbocycles. The van der Waals surface area contributed by atoms with Gasteiger partial charge in [0.15, 0.2) is 0 Å².